The molecule has 48 heavy (non-hydrogen) atoms. The molecule has 4 heterocycles. The molecule has 11 heteroatoms. The van der Waals surface area contributed by atoms with E-state index in [1.54, 1.807) is 37.8 Å². The maximum atomic E-state index is 14.5. The predicted octanol–water partition coefficient (Wildman–Crippen LogP) is 5.09. The lowest BCUT2D eigenvalue weighted by Crippen LogP contribution is -2.40. The van der Waals surface area contributed by atoms with Gasteiger partial charge in [-0.05, 0) is 68.3 Å². The van der Waals surface area contributed by atoms with Crippen molar-refractivity contribution in [2.45, 2.75) is 26.8 Å². The van der Waals surface area contributed by atoms with Crippen molar-refractivity contribution in [3.05, 3.63) is 126 Å². The van der Waals surface area contributed by atoms with Gasteiger partial charge in [0.05, 0.1) is 42.7 Å². The molecule has 0 saturated heterocycles. The van der Waals surface area contributed by atoms with Crippen molar-refractivity contribution in [3.63, 3.8) is 0 Å². The number of rotatable bonds is 8. The highest BCUT2D eigenvalue weighted by molar-refractivity contribution is 7.07. The molecular weight excluding hydrogens is 630 g/mol. The van der Waals surface area contributed by atoms with E-state index in [9.17, 15) is 9.59 Å². The number of esters is 1. The van der Waals surface area contributed by atoms with Crippen molar-refractivity contribution >= 4 is 29.1 Å². The number of methoxy groups -OCH3 is 2. The average Bonchev–Trinajstić information content (AvgIpc) is 3.78. The molecule has 0 radical (unpaired) electrons. The molecule has 0 bridgehead atoms. The van der Waals surface area contributed by atoms with Crippen LogP contribution in [-0.4, -0.2) is 42.7 Å². The van der Waals surface area contributed by atoms with E-state index in [-0.39, 0.29) is 24.5 Å². The minimum Gasteiger partial charge on any atom is -0.493 e. The second kappa shape index (κ2) is 12.6. The van der Waals surface area contributed by atoms with E-state index in [4.69, 9.17) is 28.7 Å². The van der Waals surface area contributed by atoms with Crippen LogP contribution in [0.2, 0.25) is 0 Å². The van der Waals surface area contributed by atoms with E-state index in [1.165, 1.54) is 11.3 Å². The van der Waals surface area contributed by atoms with Gasteiger partial charge < -0.3 is 28.3 Å². The third kappa shape index (κ3) is 5.26. The molecule has 0 amide bonds. The summed E-state index contributed by atoms with van der Waals surface area (Å²) >= 11 is 1.27. The predicted molar refractivity (Wildman–Crippen MR) is 182 cm³/mol. The topological polar surface area (TPSA) is 103 Å². The Balaban J connectivity index is 1.45. The zero-order valence-electron chi connectivity index (χ0n) is 27.1. The van der Waals surface area contributed by atoms with E-state index in [1.807, 2.05) is 80.6 Å². The summed E-state index contributed by atoms with van der Waals surface area (Å²) in [6.45, 7) is 6.14. The number of fused-ring (bicyclic) bond motifs is 2. The van der Waals surface area contributed by atoms with Crippen LogP contribution in [0.5, 0.6) is 23.0 Å². The highest BCUT2D eigenvalue weighted by Gasteiger charge is 2.35. The number of aromatic nitrogens is 2. The quantitative estimate of drug-likeness (QED) is 0.213. The summed E-state index contributed by atoms with van der Waals surface area (Å²) < 4.78 is 32.0. The summed E-state index contributed by atoms with van der Waals surface area (Å²) in [6.07, 6.45) is 1.89. The summed E-state index contributed by atoms with van der Waals surface area (Å²) in [5, 5.41) is 0. The summed E-state index contributed by atoms with van der Waals surface area (Å²) in [6, 6.07) is 21.9. The minimum atomic E-state index is -0.849. The number of nitrogens with zero attached hydrogens (tertiary/aromatic N) is 3. The van der Waals surface area contributed by atoms with Crippen molar-refractivity contribution in [2.24, 2.45) is 4.99 Å². The normalized spacial score (nSPS) is 15.3. The molecule has 5 aromatic rings. The third-order valence-electron chi connectivity index (χ3n) is 8.47. The second-order valence-corrected chi connectivity index (χ2v) is 12.3. The molecule has 0 saturated carbocycles. The van der Waals surface area contributed by atoms with Crippen LogP contribution in [0.4, 0.5) is 0 Å². The van der Waals surface area contributed by atoms with Crippen molar-refractivity contribution in [3.8, 4) is 28.7 Å². The molecule has 0 unspecified atom stereocenters. The zero-order chi connectivity index (χ0) is 33.5. The lowest BCUT2D eigenvalue weighted by atomic mass is 9.93. The van der Waals surface area contributed by atoms with Crippen molar-refractivity contribution in [1.82, 2.24) is 9.13 Å². The van der Waals surface area contributed by atoms with Crippen molar-refractivity contribution in [1.29, 1.82) is 0 Å². The molecule has 3 aromatic carbocycles. The molecule has 1 atom stereocenters. The lowest BCUT2D eigenvalue weighted by molar-refractivity contribution is -0.138. The van der Waals surface area contributed by atoms with Crippen LogP contribution >= 0.6 is 11.3 Å². The number of benzene rings is 3. The molecule has 2 aliphatic rings. The van der Waals surface area contributed by atoms with Gasteiger partial charge in [0.1, 0.15) is 0 Å². The number of hydrogen-bond acceptors (Lipinski definition) is 9. The Hall–Kier alpha value is -5.55. The van der Waals surface area contributed by atoms with Gasteiger partial charge in [0.15, 0.2) is 27.8 Å². The van der Waals surface area contributed by atoms with E-state index in [2.05, 4.69) is 4.57 Å². The molecule has 0 spiro atoms. The monoisotopic (exact) mass is 663 g/mol. The summed E-state index contributed by atoms with van der Waals surface area (Å²) in [5.74, 6) is 1.84. The van der Waals surface area contributed by atoms with Crippen LogP contribution < -0.4 is 33.8 Å². The summed E-state index contributed by atoms with van der Waals surface area (Å²) in [5.41, 5.74) is 5.55. The van der Waals surface area contributed by atoms with Crippen LogP contribution in [0, 0.1) is 13.8 Å². The standard InChI is InChI=1S/C37H33N3O7S/c1-6-45-36(42)32-33(23-10-8-7-9-11-23)38-37-40(34(32)24-12-14-27(43-4)29(17-24)44-5)35(41)31(48-37)18-25-16-21(2)39(22(25)3)26-13-15-28-30(19-26)47-20-46-28/h7-19,34H,6,20H2,1-5H3/b31-18+/t34-/m0/s1. The first-order valence-electron chi connectivity index (χ1n) is 15.4. The van der Waals surface area contributed by atoms with Gasteiger partial charge in [-0.2, -0.15) is 0 Å². The average molecular weight is 664 g/mol. The second-order valence-electron chi connectivity index (χ2n) is 11.2. The van der Waals surface area contributed by atoms with Crippen LogP contribution in [0.1, 0.15) is 41.0 Å². The number of ether oxygens (including phenoxy) is 5. The molecule has 0 N–H and O–H groups in total. The zero-order valence-corrected chi connectivity index (χ0v) is 27.9. The molecule has 7 rings (SSSR count). The van der Waals surface area contributed by atoms with Gasteiger partial charge >= 0.3 is 5.97 Å². The molecule has 0 aliphatic carbocycles. The van der Waals surface area contributed by atoms with Gasteiger partial charge in [-0.3, -0.25) is 9.36 Å². The number of aryl methyl sites for hydroxylation is 1. The maximum Gasteiger partial charge on any atom is 0.338 e. The molecule has 10 nitrogen and oxygen atoms in total. The molecule has 0 fully saturated rings. The third-order valence-corrected chi connectivity index (χ3v) is 9.45. The Morgan fingerprint density at radius 3 is 2.50 bits per heavy atom. The van der Waals surface area contributed by atoms with Crippen LogP contribution in [0.15, 0.2) is 88.2 Å². The summed E-state index contributed by atoms with van der Waals surface area (Å²) in [7, 11) is 3.10. The fourth-order valence-electron chi connectivity index (χ4n) is 6.28. The van der Waals surface area contributed by atoms with E-state index < -0.39 is 12.0 Å². The molecule has 244 valence electrons. The van der Waals surface area contributed by atoms with E-state index in [0.717, 1.165) is 28.2 Å². The molecule has 2 aromatic heterocycles. The van der Waals surface area contributed by atoms with Crippen LogP contribution in [-0.2, 0) is 9.53 Å². The highest BCUT2D eigenvalue weighted by Crippen LogP contribution is 2.39. The first kappa shape index (κ1) is 31.1. The van der Waals surface area contributed by atoms with Crippen molar-refractivity contribution in [2.75, 3.05) is 27.6 Å². The van der Waals surface area contributed by atoms with Crippen molar-refractivity contribution < 1.29 is 28.5 Å². The van der Waals surface area contributed by atoms with Crippen LogP contribution in [0.25, 0.3) is 17.5 Å². The Kier molecular flexibility index (Phi) is 8.14. The van der Waals surface area contributed by atoms with E-state index in [0.29, 0.717) is 43.6 Å². The number of thiazole rings is 1. The smallest absolute Gasteiger partial charge is 0.338 e. The van der Waals surface area contributed by atoms with Gasteiger partial charge in [0, 0.05) is 28.7 Å². The SMILES string of the molecule is CCOC(=O)C1=C(c2ccccc2)N=c2s/c(=C/c3cc(C)n(-c4ccc5c(c4)OCO5)c3C)c(=O)n2[C@H]1c1ccc(OC)c(OC)c1. The van der Waals surface area contributed by atoms with Crippen LogP contribution in [0.3, 0.4) is 0 Å². The Morgan fingerprint density at radius 2 is 1.75 bits per heavy atom. The number of hydrogen-bond donors (Lipinski definition) is 0. The van der Waals surface area contributed by atoms with E-state index >= 15 is 0 Å². The van der Waals surface area contributed by atoms with Gasteiger partial charge in [-0.1, -0.05) is 47.7 Å². The Bertz CT molecular complexity index is 2280. The highest BCUT2D eigenvalue weighted by atomic mass is 32.1. The summed E-state index contributed by atoms with van der Waals surface area (Å²) in [4.78, 5) is 33.7. The first-order chi connectivity index (χ1) is 23.3. The van der Waals surface area contributed by atoms with Gasteiger partial charge in [0.25, 0.3) is 5.56 Å². The van der Waals surface area contributed by atoms with Gasteiger partial charge in [-0.15, -0.1) is 0 Å². The first-order valence-corrected chi connectivity index (χ1v) is 16.2. The van der Waals surface area contributed by atoms with Gasteiger partial charge in [0.2, 0.25) is 6.79 Å². The number of carbonyl (C=O) groups is 1. The number of carbonyl (C=O) groups excluding carboxylic acids is 1. The maximum absolute atomic E-state index is 14.5. The Morgan fingerprint density at radius 1 is 0.979 bits per heavy atom. The minimum absolute atomic E-state index is 0.159. The molecule has 2 aliphatic heterocycles. The van der Waals surface area contributed by atoms with Gasteiger partial charge in [-0.25, -0.2) is 9.79 Å². The molecular formula is C37H33N3O7S. The fraction of sp³-hybridized carbons (Fsp3) is 0.216. The fourth-order valence-corrected chi connectivity index (χ4v) is 7.27. The largest absolute Gasteiger partial charge is 0.493 e. The lowest BCUT2D eigenvalue weighted by Gasteiger charge is -2.26. The Labute approximate surface area is 280 Å².